The fourth-order valence-corrected chi connectivity index (χ4v) is 4.17. The maximum Gasteiger partial charge on any atom is 0.321 e. The van der Waals surface area contributed by atoms with E-state index in [0.29, 0.717) is 13.1 Å². The van der Waals surface area contributed by atoms with Gasteiger partial charge < -0.3 is 10.2 Å². The molecule has 1 N–H and O–H groups in total. The van der Waals surface area contributed by atoms with Gasteiger partial charge in [0.15, 0.2) is 0 Å². The van der Waals surface area contributed by atoms with Gasteiger partial charge in [-0.15, -0.1) is 11.3 Å². The van der Waals surface area contributed by atoms with Crippen molar-refractivity contribution in [2.45, 2.75) is 13.5 Å². The number of rotatable bonds is 4. The number of thiophene rings is 1. The lowest BCUT2D eigenvalue weighted by molar-refractivity contribution is 0.142. The Morgan fingerprint density at radius 2 is 1.86 bits per heavy atom. The van der Waals surface area contributed by atoms with E-state index in [1.807, 2.05) is 47.5 Å². The number of anilines is 1. The number of piperazine rings is 1. The van der Waals surface area contributed by atoms with Crippen LogP contribution in [0.3, 0.4) is 0 Å². The summed E-state index contributed by atoms with van der Waals surface area (Å²) < 4.78 is 0. The number of nitrogens with one attached hydrogen (secondary N) is 1. The van der Waals surface area contributed by atoms with E-state index in [2.05, 4.69) is 33.2 Å². The third kappa shape index (κ3) is 4.37. The van der Waals surface area contributed by atoms with Crippen molar-refractivity contribution >= 4 is 23.1 Å². The van der Waals surface area contributed by atoms with Gasteiger partial charge in [-0.1, -0.05) is 6.07 Å². The van der Waals surface area contributed by atoms with E-state index in [1.54, 1.807) is 17.5 Å². The van der Waals surface area contributed by atoms with E-state index in [9.17, 15) is 4.79 Å². The lowest BCUT2D eigenvalue weighted by Gasteiger charge is -2.34. The average molecular weight is 394 g/mol. The molecule has 4 heterocycles. The Labute approximate surface area is 168 Å². The van der Waals surface area contributed by atoms with Crippen molar-refractivity contribution in [1.29, 1.82) is 0 Å². The molecule has 2 amide bonds. The van der Waals surface area contributed by atoms with Crippen LogP contribution in [0.2, 0.25) is 0 Å². The highest BCUT2D eigenvalue weighted by atomic mass is 32.1. The summed E-state index contributed by atoms with van der Waals surface area (Å²) in [7, 11) is 0. The number of hydrogen-bond acceptors (Lipinski definition) is 5. The number of nitrogens with zero attached hydrogens (tertiary/aromatic N) is 4. The number of pyridine rings is 2. The molecule has 1 fully saturated rings. The maximum absolute atomic E-state index is 12.8. The molecule has 0 radical (unpaired) electrons. The number of urea groups is 1. The largest absolute Gasteiger partial charge is 0.322 e. The molecular formula is C21H23N5OS. The monoisotopic (exact) mass is 393 g/mol. The SMILES string of the molecule is Cc1ccc(-c2ncccc2NC(=O)N2CCN(Cc3ccccn3)CC2)s1. The second-order valence-electron chi connectivity index (χ2n) is 6.82. The van der Waals surface area contributed by atoms with Gasteiger partial charge in [0.1, 0.15) is 5.69 Å². The van der Waals surface area contributed by atoms with E-state index < -0.39 is 0 Å². The number of aryl methyl sites for hydroxylation is 1. The van der Waals surface area contributed by atoms with Crippen LogP contribution in [-0.2, 0) is 6.54 Å². The first-order chi connectivity index (χ1) is 13.7. The Kier molecular flexibility index (Phi) is 5.64. The molecule has 4 rings (SSSR count). The molecule has 0 spiro atoms. The van der Waals surface area contributed by atoms with Crippen LogP contribution in [0.4, 0.5) is 10.5 Å². The minimum atomic E-state index is -0.0694. The van der Waals surface area contributed by atoms with Crippen LogP contribution in [0.1, 0.15) is 10.6 Å². The average Bonchev–Trinajstić information content (AvgIpc) is 3.16. The molecule has 1 saturated heterocycles. The van der Waals surface area contributed by atoms with Crippen LogP contribution in [-0.4, -0.2) is 52.0 Å². The first kappa shape index (κ1) is 18.6. The standard InChI is InChI=1S/C21H23N5OS/c1-16-7-8-19(28-16)20-18(6-4-10-23-20)24-21(27)26-13-11-25(12-14-26)15-17-5-2-3-9-22-17/h2-10H,11-15H2,1H3,(H,24,27). The second kappa shape index (κ2) is 8.50. The maximum atomic E-state index is 12.8. The van der Waals surface area contributed by atoms with Gasteiger partial charge in [0, 0.05) is 50.0 Å². The summed E-state index contributed by atoms with van der Waals surface area (Å²) in [5.74, 6) is 0. The van der Waals surface area contributed by atoms with E-state index in [1.165, 1.54) is 4.88 Å². The summed E-state index contributed by atoms with van der Waals surface area (Å²) in [5, 5.41) is 3.05. The number of hydrogen-bond donors (Lipinski definition) is 1. The Bertz CT molecular complexity index is 935. The van der Waals surface area contributed by atoms with Gasteiger partial charge in [-0.3, -0.25) is 14.9 Å². The zero-order valence-corrected chi connectivity index (χ0v) is 16.7. The third-order valence-electron chi connectivity index (χ3n) is 4.79. The Morgan fingerprint density at radius 1 is 1.04 bits per heavy atom. The van der Waals surface area contributed by atoms with Crippen LogP contribution < -0.4 is 5.32 Å². The smallest absolute Gasteiger partial charge is 0.321 e. The fraction of sp³-hybridized carbons (Fsp3) is 0.286. The molecule has 0 unspecified atom stereocenters. The van der Waals surface area contributed by atoms with Crippen molar-refractivity contribution in [3.63, 3.8) is 0 Å². The fourth-order valence-electron chi connectivity index (χ4n) is 3.29. The van der Waals surface area contributed by atoms with Crippen molar-refractivity contribution in [1.82, 2.24) is 19.8 Å². The summed E-state index contributed by atoms with van der Waals surface area (Å²) >= 11 is 1.68. The van der Waals surface area contributed by atoms with Crippen molar-refractivity contribution < 1.29 is 4.79 Å². The summed E-state index contributed by atoms with van der Waals surface area (Å²) in [6.07, 6.45) is 3.58. The predicted octanol–water partition coefficient (Wildman–Crippen LogP) is 3.86. The normalized spacial score (nSPS) is 14.8. The third-order valence-corrected chi connectivity index (χ3v) is 5.80. The van der Waals surface area contributed by atoms with Crippen LogP contribution >= 0.6 is 11.3 Å². The summed E-state index contributed by atoms with van der Waals surface area (Å²) in [5.41, 5.74) is 2.64. The minimum Gasteiger partial charge on any atom is -0.322 e. The Balaban J connectivity index is 1.37. The number of aromatic nitrogens is 2. The molecule has 144 valence electrons. The molecule has 0 atom stereocenters. The van der Waals surface area contributed by atoms with Crippen LogP contribution in [0.15, 0.2) is 54.9 Å². The quantitative estimate of drug-likeness (QED) is 0.731. The van der Waals surface area contributed by atoms with Gasteiger partial charge in [-0.25, -0.2) is 4.79 Å². The number of carbonyl (C=O) groups excluding carboxylic acids is 1. The van der Waals surface area contributed by atoms with Crippen molar-refractivity contribution in [3.05, 3.63) is 65.4 Å². The lowest BCUT2D eigenvalue weighted by Crippen LogP contribution is -2.49. The molecule has 7 heteroatoms. The molecular weight excluding hydrogens is 370 g/mol. The Hall–Kier alpha value is -2.77. The highest BCUT2D eigenvalue weighted by molar-refractivity contribution is 7.15. The molecule has 1 aliphatic rings. The Morgan fingerprint density at radius 3 is 2.57 bits per heavy atom. The van der Waals surface area contributed by atoms with Crippen LogP contribution in [0.5, 0.6) is 0 Å². The first-order valence-electron chi connectivity index (χ1n) is 9.39. The van der Waals surface area contributed by atoms with Crippen LogP contribution in [0.25, 0.3) is 10.6 Å². The molecule has 1 aliphatic heterocycles. The molecule has 3 aromatic rings. The van der Waals surface area contributed by atoms with Gasteiger partial charge in [-0.2, -0.15) is 0 Å². The van der Waals surface area contributed by atoms with Gasteiger partial charge in [0.05, 0.1) is 16.3 Å². The number of carbonyl (C=O) groups is 1. The van der Waals surface area contributed by atoms with E-state index in [0.717, 1.165) is 41.6 Å². The summed E-state index contributed by atoms with van der Waals surface area (Å²) in [4.78, 5) is 28.1. The summed E-state index contributed by atoms with van der Waals surface area (Å²) in [6.45, 7) is 5.97. The molecule has 3 aromatic heterocycles. The van der Waals surface area contributed by atoms with E-state index >= 15 is 0 Å². The molecule has 0 aromatic carbocycles. The topological polar surface area (TPSA) is 61.4 Å². The van der Waals surface area contributed by atoms with Crippen molar-refractivity contribution in [3.8, 4) is 10.6 Å². The number of amides is 2. The van der Waals surface area contributed by atoms with Gasteiger partial charge in [-0.05, 0) is 43.3 Å². The van der Waals surface area contributed by atoms with Crippen molar-refractivity contribution in [2.24, 2.45) is 0 Å². The van der Waals surface area contributed by atoms with E-state index in [-0.39, 0.29) is 6.03 Å². The highest BCUT2D eigenvalue weighted by Crippen LogP contribution is 2.31. The molecule has 6 nitrogen and oxygen atoms in total. The molecule has 28 heavy (non-hydrogen) atoms. The van der Waals surface area contributed by atoms with Gasteiger partial charge in [0.2, 0.25) is 0 Å². The minimum absolute atomic E-state index is 0.0694. The van der Waals surface area contributed by atoms with E-state index in [4.69, 9.17) is 0 Å². The zero-order valence-electron chi connectivity index (χ0n) is 15.8. The lowest BCUT2D eigenvalue weighted by atomic mass is 10.2. The highest BCUT2D eigenvalue weighted by Gasteiger charge is 2.22. The molecule has 0 saturated carbocycles. The molecule has 0 bridgehead atoms. The summed E-state index contributed by atoms with van der Waals surface area (Å²) in [6, 6.07) is 13.8. The first-order valence-corrected chi connectivity index (χ1v) is 10.2. The zero-order chi connectivity index (χ0) is 19.3. The van der Waals surface area contributed by atoms with Gasteiger partial charge >= 0.3 is 6.03 Å². The second-order valence-corrected chi connectivity index (χ2v) is 8.11. The van der Waals surface area contributed by atoms with Crippen molar-refractivity contribution in [2.75, 3.05) is 31.5 Å². The predicted molar refractivity (Wildman–Crippen MR) is 112 cm³/mol. The van der Waals surface area contributed by atoms with Gasteiger partial charge in [0.25, 0.3) is 0 Å². The van der Waals surface area contributed by atoms with Crippen LogP contribution in [0, 0.1) is 6.92 Å². The molecule has 0 aliphatic carbocycles.